The first-order chi connectivity index (χ1) is 8.47. The second-order valence-corrected chi connectivity index (χ2v) is 6.42. The van der Waals surface area contributed by atoms with E-state index in [9.17, 15) is 14.3 Å². The molecule has 0 aliphatic rings. The molecule has 2 unspecified atom stereocenters. The zero-order chi connectivity index (χ0) is 15.3. The fraction of sp³-hybridized carbons (Fsp3) is 0.727. The van der Waals surface area contributed by atoms with Gasteiger partial charge in [0.25, 0.3) is 14.1 Å². The Morgan fingerprint density at radius 2 is 1.95 bits per heavy atom. The summed E-state index contributed by atoms with van der Waals surface area (Å²) < 4.78 is 26.0. The van der Waals surface area contributed by atoms with Crippen LogP contribution in [0, 0.1) is 0 Å². The van der Waals surface area contributed by atoms with Gasteiger partial charge in [0.05, 0.1) is 27.7 Å². The fourth-order valence-corrected chi connectivity index (χ4v) is 1.87. The number of likely N-dealkylation sites (N-methyl/N-ethyl adjacent to an activating group) is 1. The zero-order valence-electron chi connectivity index (χ0n) is 12.0. The van der Waals surface area contributed by atoms with Gasteiger partial charge >= 0.3 is 5.97 Å². The van der Waals surface area contributed by atoms with Crippen LogP contribution in [0.4, 0.5) is 0 Å². The van der Waals surface area contributed by atoms with Crippen LogP contribution in [0.15, 0.2) is 12.2 Å². The first kappa shape index (κ1) is 18.3. The van der Waals surface area contributed by atoms with Crippen molar-refractivity contribution in [2.75, 3.05) is 34.3 Å². The van der Waals surface area contributed by atoms with Crippen LogP contribution >= 0.6 is 7.82 Å². The van der Waals surface area contributed by atoms with E-state index in [1.54, 1.807) is 21.1 Å². The molecule has 0 saturated carbocycles. The highest BCUT2D eigenvalue weighted by molar-refractivity contribution is 7.45. The Bertz CT molecular complexity index is 376. The third-order valence-electron chi connectivity index (χ3n) is 1.82. The molecular weight excluding hydrogens is 273 g/mol. The molecule has 19 heavy (non-hydrogen) atoms. The molecule has 0 amide bonds. The molecule has 0 rings (SSSR count). The van der Waals surface area contributed by atoms with E-state index in [2.05, 4.69) is 11.1 Å². The van der Waals surface area contributed by atoms with Crippen molar-refractivity contribution in [3.8, 4) is 0 Å². The second kappa shape index (κ2) is 7.17. The summed E-state index contributed by atoms with van der Waals surface area (Å²) in [5, 5.41) is 0. The molecule has 0 aromatic rings. The van der Waals surface area contributed by atoms with E-state index >= 15 is 0 Å². The summed E-state index contributed by atoms with van der Waals surface area (Å²) in [6.07, 6.45) is -1.25. The van der Waals surface area contributed by atoms with Gasteiger partial charge in [0.2, 0.25) is 0 Å². The Hall–Kier alpha value is -0.720. The number of ether oxygens (including phenoxy) is 1. The highest BCUT2D eigenvalue weighted by atomic mass is 31.2. The monoisotopic (exact) mass is 295 g/mol. The lowest BCUT2D eigenvalue weighted by Crippen LogP contribution is -2.44. The maximum Gasteiger partial charge on any atom is 0.335 e. The Morgan fingerprint density at radius 1 is 1.42 bits per heavy atom. The van der Waals surface area contributed by atoms with E-state index in [1.807, 2.05) is 0 Å². The van der Waals surface area contributed by atoms with E-state index in [-0.39, 0.29) is 18.7 Å². The molecule has 0 aromatic carbocycles. The van der Waals surface area contributed by atoms with Crippen molar-refractivity contribution in [3.05, 3.63) is 12.2 Å². The van der Waals surface area contributed by atoms with E-state index in [0.29, 0.717) is 4.48 Å². The summed E-state index contributed by atoms with van der Waals surface area (Å²) in [7, 11) is 0.933. The summed E-state index contributed by atoms with van der Waals surface area (Å²) in [5.41, 5.74) is 0.159. The fourth-order valence-electron chi connectivity index (χ4n) is 1.09. The number of hydrogen-bond acceptors (Lipinski definition) is 6. The number of hydrogen-bond donors (Lipinski definition) is 0. The molecule has 0 aromatic heterocycles. The smallest absolute Gasteiger partial charge is 0.335 e. The average Bonchev–Trinajstić information content (AvgIpc) is 2.12. The molecule has 0 radical (unpaired) electrons. The largest absolute Gasteiger partial charge is 0.756 e. The number of phosphoric acid groups is 1. The molecule has 0 aliphatic heterocycles. The van der Waals surface area contributed by atoms with Crippen molar-refractivity contribution in [1.82, 2.24) is 0 Å². The molecule has 0 bridgehead atoms. The van der Waals surface area contributed by atoms with Gasteiger partial charge in [-0.15, -0.1) is 0 Å². The van der Waals surface area contributed by atoms with Crippen LogP contribution in [-0.2, 0) is 23.1 Å². The van der Waals surface area contributed by atoms with Crippen LogP contribution in [0.1, 0.15) is 13.8 Å². The SMILES string of the molecule is C=C(C)C(=O)OC(C[N+](C)(C)C)OP(=O)([O-])OCC. The summed E-state index contributed by atoms with van der Waals surface area (Å²) in [6, 6.07) is 0. The van der Waals surface area contributed by atoms with Gasteiger partial charge < -0.3 is 18.6 Å². The summed E-state index contributed by atoms with van der Waals surface area (Å²) in [4.78, 5) is 22.9. The van der Waals surface area contributed by atoms with Gasteiger partial charge in [-0.3, -0.25) is 9.09 Å². The summed E-state index contributed by atoms with van der Waals surface area (Å²) >= 11 is 0. The zero-order valence-corrected chi connectivity index (χ0v) is 12.9. The first-order valence-electron chi connectivity index (χ1n) is 5.78. The van der Waals surface area contributed by atoms with Gasteiger partial charge in [-0.1, -0.05) is 6.58 Å². The maximum atomic E-state index is 11.4. The van der Waals surface area contributed by atoms with Gasteiger partial charge in [0, 0.05) is 5.57 Å². The first-order valence-corrected chi connectivity index (χ1v) is 7.24. The molecule has 0 heterocycles. The lowest BCUT2D eigenvalue weighted by atomic mass is 10.4. The van der Waals surface area contributed by atoms with Gasteiger partial charge in [0.1, 0.15) is 6.54 Å². The molecule has 0 saturated heterocycles. The molecule has 0 aliphatic carbocycles. The van der Waals surface area contributed by atoms with Crippen LogP contribution in [0.2, 0.25) is 0 Å². The number of quaternary nitrogens is 1. The molecule has 7 nitrogen and oxygen atoms in total. The normalized spacial score (nSPS) is 16.5. The topological polar surface area (TPSA) is 84.9 Å². The van der Waals surface area contributed by atoms with Crippen molar-refractivity contribution in [2.24, 2.45) is 0 Å². The summed E-state index contributed by atoms with van der Waals surface area (Å²) in [6.45, 7) is 6.51. The van der Waals surface area contributed by atoms with Crippen molar-refractivity contribution < 1.29 is 32.5 Å². The lowest BCUT2D eigenvalue weighted by Gasteiger charge is -2.32. The van der Waals surface area contributed by atoms with Crippen LogP contribution in [-0.4, -0.2) is 51.0 Å². The van der Waals surface area contributed by atoms with Crippen LogP contribution < -0.4 is 4.89 Å². The van der Waals surface area contributed by atoms with Crippen molar-refractivity contribution in [3.63, 3.8) is 0 Å². The van der Waals surface area contributed by atoms with Gasteiger partial charge in [-0.2, -0.15) is 0 Å². The van der Waals surface area contributed by atoms with E-state index in [1.165, 1.54) is 13.8 Å². The minimum atomic E-state index is -4.49. The number of carbonyl (C=O) groups is 1. The highest BCUT2D eigenvalue weighted by Crippen LogP contribution is 2.40. The van der Waals surface area contributed by atoms with Crippen LogP contribution in [0.25, 0.3) is 0 Å². The van der Waals surface area contributed by atoms with E-state index in [0.717, 1.165) is 0 Å². The van der Waals surface area contributed by atoms with Gasteiger partial charge in [0.15, 0.2) is 0 Å². The standard InChI is InChI=1S/C11H22NO6P/c1-7-16-19(14,15)18-10(8-12(4,5)6)17-11(13)9(2)3/h10H,2,7-8H2,1,3-6H3. The Kier molecular flexibility index (Phi) is 6.89. The lowest BCUT2D eigenvalue weighted by molar-refractivity contribution is -0.875. The average molecular weight is 295 g/mol. The molecular formula is C11H22NO6P. The number of rotatable bonds is 8. The predicted octanol–water partition coefficient (Wildman–Crippen LogP) is 0.659. The summed E-state index contributed by atoms with van der Waals surface area (Å²) in [5.74, 6) is -0.713. The van der Waals surface area contributed by atoms with Crippen molar-refractivity contribution in [1.29, 1.82) is 0 Å². The Balaban J connectivity index is 4.82. The molecule has 8 heteroatoms. The number of esters is 1. The third-order valence-corrected chi connectivity index (χ3v) is 2.89. The minimum Gasteiger partial charge on any atom is -0.756 e. The molecule has 0 spiro atoms. The van der Waals surface area contributed by atoms with Gasteiger partial charge in [-0.25, -0.2) is 4.79 Å². The van der Waals surface area contributed by atoms with E-state index in [4.69, 9.17) is 9.26 Å². The van der Waals surface area contributed by atoms with E-state index < -0.39 is 20.1 Å². The van der Waals surface area contributed by atoms with Crippen molar-refractivity contribution in [2.45, 2.75) is 20.1 Å². The predicted molar refractivity (Wildman–Crippen MR) is 67.9 cm³/mol. The highest BCUT2D eigenvalue weighted by Gasteiger charge is 2.27. The molecule has 2 atom stereocenters. The number of carbonyl (C=O) groups excluding carboxylic acids is 1. The number of nitrogens with zero attached hydrogens (tertiary/aromatic N) is 1. The second-order valence-electron chi connectivity index (χ2n) is 5.06. The van der Waals surface area contributed by atoms with Crippen LogP contribution in [0.5, 0.6) is 0 Å². The number of phosphoric ester groups is 1. The van der Waals surface area contributed by atoms with Crippen molar-refractivity contribution >= 4 is 13.8 Å². The Morgan fingerprint density at radius 3 is 2.32 bits per heavy atom. The quantitative estimate of drug-likeness (QED) is 0.215. The third kappa shape index (κ3) is 8.91. The minimum absolute atomic E-state index is 0.0493. The van der Waals surface area contributed by atoms with Gasteiger partial charge in [-0.05, 0) is 13.8 Å². The van der Waals surface area contributed by atoms with Crippen LogP contribution in [0.3, 0.4) is 0 Å². The molecule has 112 valence electrons. The molecule has 0 fully saturated rings. The molecule has 0 N–H and O–H groups in total. The maximum absolute atomic E-state index is 11.4. The Labute approximate surface area is 114 Å².